The molecule has 0 aliphatic carbocycles. The normalized spacial score (nSPS) is 12.1. The van der Waals surface area contributed by atoms with Gasteiger partial charge in [-0.3, -0.25) is 9.59 Å². The van der Waals surface area contributed by atoms with E-state index in [0.29, 0.717) is 24.6 Å². The number of amides is 2. The topological polar surface area (TPSA) is 103 Å². The van der Waals surface area contributed by atoms with Crippen molar-refractivity contribution in [2.75, 3.05) is 20.3 Å². The zero-order chi connectivity index (χ0) is 21.2. The van der Waals surface area contributed by atoms with Crippen molar-refractivity contribution in [3.63, 3.8) is 0 Å². The van der Waals surface area contributed by atoms with Crippen LogP contribution in [0.25, 0.3) is 0 Å². The van der Waals surface area contributed by atoms with Crippen molar-refractivity contribution >= 4 is 24.2 Å². The van der Waals surface area contributed by atoms with E-state index in [-0.39, 0.29) is 42.8 Å². The van der Waals surface area contributed by atoms with Gasteiger partial charge in [0.2, 0.25) is 5.91 Å². The van der Waals surface area contributed by atoms with E-state index in [4.69, 9.17) is 15.2 Å². The molecule has 7 nitrogen and oxygen atoms in total. The van der Waals surface area contributed by atoms with Crippen molar-refractivity contribution in [2.45, 2.75) is 26.4 Å². The van der Waals surface area contributed by atoms with Crippen LogP contribution in [0, 0.1) is 5.92 Å². The summed E-state index contributed by atoms with van der Waals surface area (Å²) in [6, 6.07) is 14.5. The van der Waals surface area contributed by atoms with E-state index in [9.17, 15) is 9.59 Å². The number of benzene rings is 2. The molecule has 2 rings (SSSR count). The average Bonchev–Trinajstić information content (AvgIpc) is 2.75. The standard InChI is InChI=1S/C22H29N3O4.ClH/c1-4-24-20(26)14-29-18-11-10-16(12-19(18)28-3)13-25-22(27)15(2)21(23)17-8-6-5-7-9-17;/h5-12,15,21H,4,13-14,23H2,1-3H3,(H,24,26)(H,25,27);1H. The third-order valence-electron chi connectivity index (χ3n) is 4.56. The Morgan fingerprint density at radius 2 is 1.77 bits per heavy atom. The summed E-state index contributed by atoms with van der Waals surface area (Å²) in [7, 11) is 1.53. The van der Waals surface area contributed by atoms with Gasteiger partial charge < -0.3 is 25.8 Å². The van der Waals surface area contributed by atoms with E-state index < -0.39 is 0 Å². The summed E-state index contributed by atoms with van der Waals surface area (Å²) in [4.78, 5) is 24.0. The van der Waals surface area contributed by atoms with Gasteiger partial charge in [0.15, 0.2) is 18.1 Å². The molecule has 0 aliphatic rings. The highest BCUT2D eigenvalue weighted by Crippen LogP contribution is 2.28. The van der Waals surface area contributed by atoms with Gasteiger partial charge in [0.1, 0.15) is 0 Å². The van der Waals surface area contributed by atoms with E-state index in [2.05, 4.69) is 10.6 Å². The fourth-order valence-electron chi connectivity index (χ4n) is 2.81. The van der Waals surface area contributed by atoms with Crippen LogP contribution in [0.2, 0.25) is 0 Å². The van der Waals surface area contributed by atoms with Crippen molar-refractivity contribution in [3.8, 4) is 11.5 Å². The number of hydrogen-bond donors (Lipinski definition) is 3. The quantitative estimate of drug-likeness (QED) is 0.532. The Morgan fingerprint density at radius 1 is 1.07 bits per heavy atom. The van der Waals surface area contributed by atoms with Crippen LogP contribution in [0.5, 0.6) is 11.5 Å². The van der Waals surface area contributed by atoms with Gasteiger partial charge in [-0.1, -0.05) is 43.3 Å². The van der Waals surface area contributed by atoms with E-state index in [0.717, 1.165) is 11.1 Å². The van der Waals surface area contributed by atoms with E-state index in [1.807, 2.05) is 50.2 Å². The van der Waals surface area contributed by atoms with Crippen LogP contribution in [0.3, 0.4) is 0 Å². The highest BCUT2D eigenvalue weighted by molar-refractivity contribution is 5.85. The Hall–Kier alpha value is -2.77. The van der Waals surface area contributed by atoms with Crippen LogP contribution in [0.1, 0.15) is 31.0 Å². The second-order valence-corrected chi connectivity index (χ2v) is 6.67. The van der Waals surface area contributed by atoms with E-state index in [1.54, 1.807) is 12.1 Å². The van der Waals surface area contributed by atoms with Gasteiger partial charge in [-0.2, -0.15) is 0 Å². The highest BCUT2D eigenvalue weighted by atomic mass is 35.5. The summed E-state index contributed by atoms with van der Waals surface area (Å²) in [6.07, 6.45) is 0. The first-order valence-electron chi connectivity index (χ1n) is 9.60. The first-order valence-corrected chi connectivity index (χ1v) is 9.60. The molecule has 30 heavy (non-hydrogen) atoms. The van der Waals surface area contributed by atoms with Crippen LogP contribution < -0.4 is 25.8 Å². The molecule has 2 amide bonds. The number of likely N-dealkylation sites (N-methyl/N-ethyl adjacent to an activating group) is 1. The van der Waals surface area contributed by atoms with Gasteiger partial charge >= 0.3 is 0 Å². The van der Waals surface area contributed by atoms with Crippen molar-refractivity contribution in [3.05, 3.63) is 59.7 Å². The van der Waals surface area contributed by atoms with Crippen molar-refractivity contribution < 1.29 is 19.1 Å². The molecule has 0 heterocycles. The summed E-state index contributed by atoms with van der Waals surface area (Å²) in [6.45, 7) is 4.44. The van der Waals surface area contributed by atoms with Crippen molar-refractivity contribution in [2.24, 2.45) is 11.7 Å². The molecular weight excluding hydrogens is 406 g/mol. The summed E-state index contributed by atoms with van der Waals surface area (Å²) < 4.78 is 10.8. The largest absolute Gasteiger partial charge is 0.493 e. The Labute approximate surface area is 183 Å². The zero-order valence-electron chi connectivity index (χ0n) is 17.5. The monoisotopic (exact) mass is 435 g/mol. The molecule has 164 valence electrons. The first-order chi connectivity index (χ1) is 14.0. The van der Waals surface area contributed by atoms with Gasteiger partial charge in [-0.15, -0.1) is 12.4 Å². The Morgan fingerprint density at radius 3 is 2.40 bits per heavy atom. The minimum absolute atomic E-state index is 0. The van der Waals surface area contributed by atoms with Crippen LogP contribution >= 0.6 is 12.4 Å². The average molecular weight is 436 g/mol. The highest BCUT2D eigenvalue weighted by Gasteiger charge is 2.22. The third kappa shape index (κ3) is 7.24. The molecule has 0 spiro atoms. The number of nitrogens with two attached hydrogens (primary N) is 1. The smallest absolute Gasteiger partial charge is 0.257 e. The van der Waals surface area contributed by atoms with Gasteiger partial charge in [0.25, 0.3) is 5.91 Å². The second-order valence-electron chi connectivity index (χ2n) is 6.67. The summed E-state index contributed by atoms with van der Waals surface area (Å²) >= 11 is 0. The Kier molecular flexibility index (Phi) is 10.7. The van der Waals surface area contributed by atoms with E-state index >= 15 is 0 Å². The minimum atomic E-state index is -0.379. The SMILES string of the molecule is CCNC(=O)COc1ccc(CNC(=O)C(C)C(N)c2ccccc2)cc1OC.Cl. The molecule has 0 fully saturated rings. The Bertz CT molecular complexity index is 817. The molecule has 2 atom stereocenters. The van der Waals surface area contributed by atoms with E-state index in [1.165, 1.54) is 7.11 Å². The summed E-state index contributed by atoms with van der Waals surface area (Å²) in [5, 5.41) is 5.57. The van der Waals surface area contributed by atoms with Gasteiger partial charge in [0, 0.05) is 19.1 Å². The molecule has 0 aliphatic heterocycles. The maximum atomic E-state index is 12.5. The number of carbonyl (C=O) groups is 2. The van der Waals surface area contributed by atoms with Crippen LogP contribution in [0.15, 0.2) is 48.5 Å². The van der Waals surface area contributed by atoms with Crippen LogP contribution in [-0.4, -0.2) is 32.1 Å². The number of rotatable bonds is 10. The molecule has 2 unspecified atom stereocenters. The molecule has 2 aromatic rings. The number of halogens is 1. The molecule has 0 radical (unpaired) electrons. The van der Waals surface area contributed by atoms with Gasteiger partial charge in [0.05, 0.1) is 13.0 Å². The number of nitrogens with one attached hydrogen (secondary N) is 2. The number of carbonyl (C=O) groups excluding carboxylic acids is 2. The van der Waals surface area contributed by atoms with Crippen LogP contribution in [-0.2, 0) is 16.1 Å². The maximum absolute atomic E-state index is 12.5. The lowest BCUT2D eigenvalue weighted by Gasteiger charge is -2.20. The minimum Gasteiger partial charge on any atom is -0.493 e. The summed E-state index contributed by atoms with van der Waals surface area (Å²) in [5.41, 5.74) is 7.99. The van der Waals surface area contributed by atoms with Crippen LogP contribution in [0.4, 0.5) is 0 Å². The number of ether oxygens (including phenoxy) is 2. The lowest BCUT2D eigenvalue weighted by atomic mass is 9.94. The number of methoxy groups -OCH3 is 1. The third-order valence-corrected chi connectivity index (χ3v) is 4.56. The molecule has 0 saturated carbocycles. The maximum Gasteiger partial charge on any atom is 0.257 e. The molecule has 8 heteroatoms. The van der Waals surface area contributed by atoms with Crippen molar-refractivity contribution in [1.82, 2.24) is 10.6 Å². The summed E-state index contributed by atoms with van der Waals surface area (Å²) in [5.74, 6) is 0.258. The fourth-order valence-corrected chi connectivity index (χ4v) is 2.81. The predicted octanol–water partition coefficient (Wildman–Crippen LogP) is 2.58. The fraction of sp³-hybridized carbons (Fsp3) is 0.364. The molecular formula is C22H30ClN3O4. The first kappa shape index (κ1) is 25.3. The molecule has 4 N–H and O–H groups in total. The number of hydrogen-bond acceptors (Lipinski definition) is 5. The zero-order valence-corrected chi connectivity index (χ0v) is 18.3. The van der Waals surface area contributed by atoms with Gasteiger partial charge in [-0.25, -0.2) is 0 Å². The molecule has 0 aromatic heterocycles. The lowest BCUT2D eigenvalue weighted by molar-refractivity contribution is -0.125. The molecule has 2 aromatic carbocycles. The Balaban J connectivity index is 0.00000450. The van der Waals surface area contributed by atoms with Crippen molar-refractivity contribution in [1.29, 1.82) is 0 Å². The lowest BCUT2D eigenvalue weighted by Crippen LogP contribution is -2.35. The second kappa shape index (κ2) is 12.7. The molecule has 0 bridgehead atoms. The molecule has 0 saturated heterocycles. The predicted molar refractivity (Wildman–Crippen MR) is 119 cm³/mol. The van der Waals surface area contributed by atoms with Gasteiger partial charge in [-0.05, 0) is 30.2 Å².